The Bertz CT molecular complexity index is 1500. The lowest BCUT2D eigenvalue weighted by Crippen LogP contribution is -2.30. The first-order valence-electron chi connectivity index (χ1n) is 12.0. The van der Waals surface area contributed by atoms with Gasteiger partial charge in [-0.15, -0.1) is 0 Å². The van der Waals surface area contributed by atoms with Crippen LogP contribution in [0, 0.1) is 5.82 Å². The molecule has 0 aliphatic carbocycles. The molecule has 1 saturated heterocycles. The zero-order valence-corrected chi connectivity index (χ0v) is 22.3. The van der Waals surface area contributed by atoms with Crippen LogP contribution in [0.1, 0.15) is 36.8 Å². The SMILES string of the molecule is CCC(=O)Nc1ccc(N2C(=S)N[C@@H](c3ccccn3)[C@H]2c2cccn2-c2ccc(F)c(Cl)c2)cc1OC. The topological polar surface area (TPSA) is 71.4 Å². The van der Waals surface area contributed by atoms with Gasteiger partial charge in [0.25, 0.3) is 0 Å². The number of carbonyl (C=O) groups excluding carboxylic acids is 1. The number of pyridine rings is 1. The number of thiocarbonyl (C=S) groups is 1. The third kappa shape index (κ3) is 4.82. The van der Waals surface area contributed by atoms with E-state index in [2.05, 4.69) is 15.6 Å². The Kier molecular flexibility index (Phi) is 7.31. The Morgan fingerprint density at radius 3 is 2.68 bits per heavy atom. The number of nitrogens with zero attached hydrogens (tertiary/aromatic N) is 3. The summed E-state index contributed by atoms with van der Waals surface area (Å²) in [7, 11) is 1.55. The quantitative estimate of drug-likeness (QED) is 0.267. The minimum absolute atomic E-state index is 0.0369. The maximum Gasteiger partial charge on any atom is 0.224 e. The Hall–Kier alpha value is -3.95. The van der Waals surface area contributed by atoms with Gasteiger partial charge in [0.2, 0.25) is 5.91 Å². The number of amides is 1. The second kappa shape index (κ2) is 10.8. The van der Waals surface area contributed by atoms with Crippen molar-refractivity contribution in [2.45, 2.75) is 25.4 Å². The minimum atomic E-state index is -0.483. The van der Waals surface area contributed by atoms with Crippen molar-refractivity contribution >= 4 is 46.2 Å². The van der Waals surface area contributed by atoms with E-state index in [1.807, 2.05) is 58.1 Å². The highest BCUT2D eigenvalue weighted by molar-refractivity contribution is 7.80. The third-order valence-electron chi connectivity index (χ3n) is 6.42. The molecule has 0 spiro atoms. The zero-order chi connectivity index (χ0) is 26.8. The van der Waals surface area contributed by atoms with Crippen LogP contribution < -0.4 is 20.3 Å². The predicted octanol–water partition coefficient (Wildman–Crippen LogP) is 6.20. The normalized spacial score (nSPS) is 16.8. The van der Waals surface area contributed by atoms with E-state index >= 15 is 0 Å². The highest BCUT2D eigenvalue weighted by atomic mass is 35.5. The summed E-state index contributed by atoms with van der Waals surface area (Å²) in [6, 6.07) is 19.2. The molecular weight excluding hydrogens is 525 g/mol. The smallest absolute Gasteiger partial charge is 0.224 e. The van der Waals surface area contributed by atoms with Gasteiger partial charge in [-0.1, -0.05) is 24.6 Å². The molecule has 2 atom stereocenters. The van der Waals surface area contributed by atoms with Crippen LogP contribution in [-0.4, -0.2) is 27.7 Å². The molecule has 194 valence electrons. The Labute approximate surface area is 230 Å². The van der Waals surface area contributed by atoms with E-state index < -0.39 is 5.82 Å². The van der Waals surface area contributed by atoms with Gasteiger partial charge in [-0.25, -0.2) is 4.39 Å². The molecule has 1 amide bonds. The van der Waals surface area contributed by atoms with Gasteiger partial charge in [0, 0.05) is 41.9 Å². The first-order valence-corrected chi connectivity index (χ1v) is 12.8. The van der Waals surface area contributed by atoms with Crippen molar-refractivity contribution in [3.05, 3.63) is 101 Å². The van der Waals surface area contributed by atoms with Gasteiger partial charge in [0.05, 0.1) is 29.6 Å². The number of carbonyl (C=O) groups is 1. The minimum Gasteiger partial charge on any atom is -0.494 e. The van der Waals surface area contributed by atoms with E-state index in [0.29, 0.717) is 28.7 Å². The van der Waals surface area contributed by atoms with Crippen LogP contribution in [0.25, 0.3) is 5.69 Å². The van der Waals surface area contributed by atoms with Crippen LogP contribution >= 0.6 is 23.8 Å². The molecular formula is C28H25ClFN5O2S. The molecule has 5 rings (SSSR count). The average Bonchev–Trinajstić information content (AvgIpc) is 3.55. The van der Waals surface area contributed by atoms with Crippen LogP contribution in [0.3, 0.4) is 0 Å². The monoisotopic (exact) mass is 549 g/mol. The molecule has 4 aromatic rings. The van der Waals surface area contributed by atoms with Crippen LogP contribution in [0.5, 0.6) is 5.75 Å². The molecule has 1 fully saturated rings. The van der Waals surface area contributed by atoms with Gasteiger partial charge in [0.15, 0.2) is 5.11 Å². The molecule has 7 nitrogen and oxygen atoms in total. The number of hydrogen-bond acceptors (Lipinski definition) is 4. The summed E-state index contributed by atoms with van der Waals surface area (Å²) in [5.41, 5.74) is 3.75. The van der Waals surface area contributed by atoms with Gasteiger partial charge in [-0.05, 0) is 66.8 Å². The van der Waals surface area contributed by atoms with Crippen molar-refractivity contribution < 1.29 is 13.9 Å². The number of benzene rings is 2. The largest absolute Gasteiger partial charge is 0.494 e. The number of anilines is 2. The number of aromatic nitrogens is 2. The van der Waals surface area contributed by atoms with E-state index in [1.165, 1.54) is 6.07 Å². The number of rotatable bonds is 7. The molecule has 2 N–H and O–H groups in total. The molecule has 1 aliphatic rings. The fourth-order valence-electron chi connectivity index (χ4n) is 4.61. The maximum absolute atomic E-state index is 13.9. The summed E-state index contributed by atoms with van der Waals surface area (Å²) in [4.78, 5) is 18.6. The van der Waals surface area contributed by atoms with E-state index in [4.69, 9.17) is 28.6 Å². The molecule has 2 aromatic carbocycles. The van der Waals surface area contributed by atoms with E-state index in [9.17, 15) is 9.18 Å². The molecule has 1 aliphatic heterocycles. The molecule has 2 aromatic heterocycles. The average molecular weight is 550 g/mol. The van der Waals surface area contributed by atoms with E-state index in [-0.39, 0.29) is 23.0 Å². The molecule has 0 bridgehead atoms. The Morgan fingerprint density at radius 2 is 1.97 bits per heavy atom. The van der Waals surface area contributed by atoms with E-state index in [0.717, 1.165) is 17.1 Å². The van der Waals surface area contributed by atoms with Gasteiger partial charge in [-0.3, -0.25) is 9.78 Å². The summed E-state index contributed by atoms with van der Waals surface area (Å²) < 4.78 is 21.5. The summed E-state index contributed by atoms with van der Waals surface area (Å²) in [6.07, 6.45) is 3.99. The summed E-state index contributed by atoms with van der Waals surface area (Å²) in [6.45, 7) is 1.79. The van der Waals surface area contributed by atoms with Gasteiger partial charge in [0.1, 0.15) is 17.6 Å². The molecule has 10 heteroatoms. The van der Waals surface area contributed by atoms with Gasteiger partial charge < -0.3 is 24.8 Å². The lowest BCUT2D eigenvalue weighted by atomic mass is 10.0. The molecule has 0 radical (unpaired) electrons. The molecule has 0 saturated carbocycles. The number of halogens is 2. The van der Waals surface area contributed by atoms with Crippen molar-refractivity contribution in [2.75, 3.05) is 17.3 Å². The molecule has 38 heavy (non-hydrogen) atoms. The van der Waals surface area contributed by atoms with Crippen molar-refractivity contribution in [2.24, 2.45) is 0 Å². The van der Waals surface area contributed by atoms with Crippen molar-refractivity contribution in [1.29, 1.82) is 0 Å². The summed E-state index contributed by atoms with van der Waals surface area (Å²) >= 11 is 12.0. The summed E-state index contributed by atoms with van der Waals surface area (Å²) in [5.74, 6) is -0.0886. The number of nitrogens with one attached hydrogen (secondary N) is 2. The molecule has 3 heterocycles. The Balaban J connectivity index is 1.63. The Morgan fingerprint density at radius 1 is 1.16 bits per heavy atom. The number of methoxy groups -OCH3 is 1. The van der Waals surface area contributed by atoms with Crippen LogP contribution in [0.2, 0.25) is 5.02 Å². The standard InChI is InChI=1S/C28H25ClFN5O2S/c1-3-25(36)32-21-12-10-18(16-24(21)37-2)35-27(26(33-28(35)38)22-7-4-5-13-31-22)23-8-6-14-34(23)17-9-11-20(30)19(29)15-17/h4-16,26-27H,3H2,1-2H3,(H,32,36)(H,33,38)/t26-,27+/m0/s1. The highest BCUT2D eigenvalue weighted by Gasteiger charge is 2.42. The number of ether oxygens (including phenoxy) is 1. The fraction of sp³-hybridized carbons (Fsp3) is 0.179. The van der Waals surface area contributed by atoms with Gasteiger partial charge >= 0.3 is 0 Å². The first-order chi connectivity index (χ1) is 18.4. The van der Waals surface area contributed by atoms with Crippen molar-refractivity contribution in [3.63, 3.8) is 0 Å². The van der Waals surface area contributed by atoms with Crippen LogP contribution in [0.15, 0.2) is 79.1 Å². The van der Waals surface area contributed by atoms with E-state index in [1.54, 1.807) is 38.4 Å². The second-order valence-corrected chi connectivity index (χ2v) is 9.48. The van der Waals surface area contributed by atoms with Crippen molar-refractivity contribution in [3.8, 4) is 11.4 Å². The molecule has 0 unspecified atom stereocenters. The fourth-order valence-corrected chi connectivity index (χ4v) is 5.13. The first kappa shape index (κ1) is 25.7. The van der Waals surface area contributed by atoms with Crippen LogP contribution in [0.4, 0.5) is 15.8 Å². The lowest BCUT2D eigenvalue weighted by molar-refractivity contribution is -0.115. The van der Waals surface area contributed by atoms with Gasteiger partial charge in [-0.2, -0.15) is 0 Å². The zero-order valence-electron chi connectivity index (χ0n) is 20.7. The van der Waals surface area contributed by atoms with Crippen LogP contribution in [-0.2, 0) is 4.79 Å². The highest BCUT2D eigenvalue weighted by Crippen LogP contribution is 2.44. The summed E-state index contributed by atoms with van der Waals surface area (Å²) in [5, 5.41) is 6.84. The predicted molar refractivity (Wildman–Crippen MR) is 151 cm³/mol. The lowest BCUT2D eigenvalue weighted by Gasteiger charge is -2.29. The third-order valence-corrected chi connectivity index (χ3v) is 7.03. The van der Waals surface area contributed by atoms with Crippen molar-refractivity contribution in [1.82, 2.24) is 14.9 Å². The number of hydrogen-bond donors (Lipinski definition) is 2. The second-order valence-electron chi connectivity index (χ2n) is 8.68. The maximum atomic E-state index is 13.9.